The Labute approximate surface area is 107 Å². The average Bonchev–Trinajstić information content (AvgIpc) is 2.22. The summed E-state index contributed by atoms with van der Waals surface area (Å²) in [4.78, 5) is 28.4. The molecule has 0 saturated heterocycles. The zero-order valence-corrected chi connectivity index (χ0v) is 11.7. The predicted molar refractivity (Wildman–Crippen MR) is 67.7 cm³/mol. The Balaban J connectivity index is 4.40. The van der Waals surface area contributed by atoms with Crippen molar-refractivity contribution in [2.24, 2.45) is 5.73 Å². The van der Waals surface area contributed by atoms with Crippen molar-refractivity contribution in [1.29, 1.82) is 0 Å². The number of hydrogen-bond donors (Lipinski definition) is 4. The average molecular weight is 282 g/mol. The molecule has 1 unspecified atom stereocenters. The molecule has 0 aliphatic carbocycles. The number of phosphoric acid groups is 1. The van der Waals surface area contributed by atoms with Gasteiger partial charge < -0.3 is 20.8 Å². The van der Waals surface area contributed by atoms with Gasteiger partial charge in [0, 0.05) is 6.04 Å². The number of phosphoric ester groups is 1. The molecule has 0 fully saturated rings. The first-order valence-electron chi connectivity index (χ1n) is 6.05. The van der Waals surface area contributed by atoms with Crippen LogP contribution >= 0.6 is 7.82 Å². The Morgan fingerprint density at radius 2 is 1.83 bits per heavy atom. The molecule has 1 atom stereocenters. The molecule has 1 amide bonds. The second-order valence-electron chi connectivity index (χ2n) is 4.18. The number of carbonyl (C=O) groups excluding carboxylic acids is 1. The predicted octanol–water partition coefficient (Wildman–Crippen LogP) is 0.508. The lowest BCUT2D eigenvalue weighted by molar-refractivity contribution is -0.121. The first-order valence-corrected chi connectivity index (χ1v) is 7.58. The van der Waals surface area contributed by atoms with Gasteiger partial charge in [-0.1, -0.05) is 26.7 Å². The van der Waals surface area contributed by atoms with E-state index in [1.807, 2.05) is 13.8 Å². The lowest BCUT2D eigenvalue weighted by Crippen LogP contribution is -2.49. The maximum absolute atomic E-state index is 11.2. The number of nitrogens with one attached hydrogen (secondary N) is 1. The van der Waals surface area contributed by atoms with Crippen LogP contribution in [0.15, 0.2) is 0 Å². The van der Waals surface area contributed by atoms with E-state index in [1.165, 1.54) is 0 Å². The third kappa shape index (κ3) is 8.60. The first kappa shape index (κ1) is 17.5. The molecular weight excluding hydrogens is 259 g/mol. The van der Waals surface area contributed by atoms with Crippen molar-refractivity contribution in [3.8, 4) is 0 Å². The summed E-state index contributed by atoms with van der Waals surface area (Å²) in [6, 6.07) is -0.793. The molecule has 0 rings (SSSR count). The van der Waals surface area contributed by atoms with Crippen molar-refractivity contribution in [2.45, 2.75) is 51.6 Å². The van der Waals surface area contributed by atoms with E-state index in [9.17, 15) is 9.36 Å². The summed E-state index contributed by atoms with van der Waals surface area (Å²) in [7, 11) is -4.58. The fourth-order valence-electron chi connectivity index (χ4n) is 1.68. The normalized spacial score (nSPS) is 13.8. The van der Waals surface area contributed by atoms with E-state index in [-0.39, 0.29) is 6.04 Å². The lowest BCUT2D eigenvalue weighted by Gasteiger charge is -2.23. The molecule has 0 heterocycles. The van der Waals surface area contributed by atoms with Crippen molar-refractivity contribution in [3.63, 3.8) is 0 Å². The van der Waals surface area contributed by atoms with Crippen LogP contribution in [0.5, 0.6) is 0 Å². The van der Waals surface area contributed by atoms with Crippen LogP contribution in [0.25, 0.3) is 0 Å². The highest BCUT2D eigenvalue weighted by molar-refractivity contribution is 7.46. The summed E-state index contributed by atoms with van der Waals surface area (Å²) in [6.07, 6.45) is 3.63. The van der Waals surface area contributed by atoms with Crippen molar-refractivity contribution < 1.29 is 23.7 Å². The summed E-state index contributed by atoms with van der Waals surface area (Å²) in [5.74, 6) is -0.680. The fraction of sp³-hybridized carbons (Fsp3) is 0.900. The van der Waals surface area contributed by atoms with E-state index in [1.54, 1.807) is 0 Å². The van der Waals surface area contributed by atoms with Crippen molar-refractivity contribution in [1.82, 2.24) is 5.32 Å². The summed E-state index contributed by atoms with van der Waals surface area (Å²) in [6.45, 7) is 3.62. The van der Waals surface area contributed by atoms with Crippen LogP contribution in [0.3, 0.4) is 0 Å². The van der Waals surface area contributed by atoms with Crippen molar-refractivity contribution in [2.75, 3.05) is 6.61 Å². The van der Waals surface area contributed by atoms with Gasteiger partial charge >= 0.3 is 7.82 Å². The number of amides is 1. The largest absolute Gasteiger partial charge is 0.469 e. The lowest BCUT2D eigenvalue weighted by atomic mass is 10.1. The van der Waals surface area contributed by atoms with Gasteiger partial charge in [-0.25, -0.2) is 4.57 Å². The van der Waals surface area contributed by atoms with E-state index in [0.717, 1.165) is 25.7 Å². The van der Waals surface area contributed by atoms with Gasteiger partial charge in [0.25, 0.3) is 0 Å². The fourth-order valence-corrected chi connectivity index (χ4v) is 2.02. The molecule has 0 bridgehead atoms. The zero-order valence-electron chi connectivity index (χ0n) is 10.8. The van der Waals surface area contributed by atoms with Gasteiger partial charge in [-0.15, -0.1) is 0 Å². The van der Waals surface area contributed by atoms with Crippen LogP contribution in [0.4, 0.5) is 0 Å². The van der Waals surface area contributed by atoms with Gasteiger partial charge in [0.1, 0.15) is 6.04 Å². The highest BCUT2D eigenvalue weighted by Gasteiger charge is 2.23. The smallest absolute Gasteiger partial charge is 0.368 e. The number of carbonyl (C=O) groups is 1. The minimum atomic E-state index is -4.58. The van der Waals surface area contributed by atoms with Gasteiger partial charge in [0.05, 0.1) is 6.61 Å². The Morgan fingerprint density at radius 3 is 2.17 bits per heavy atom. The van der Waals surface area contributed by atoms with Crippen molar-refractivity contribution in [3.05, 3.63) is 0 Å². The van der Waals surface area contributed by atoms with E-state index < -0.39 is 26.4 Å². The zero-order chi connectivity index (χ0) is 14.2. The Hall–Kier alpha value is -0.460. The van der Waals surface area contributed by atoms with Gasteiger partial charge in [-0.05, 0) is 12.8 Å². The van der Waals surface area contributed by atoms with Crippen molar-refractivity contribution >= 4 is 13.7 Å². The molecule has 0 aliphatic heterocycles. The number of nitrogens with two attached hydrogens (primary N) is 1. The Bertz CT molecular complexity index is 288. The van der Waals surface area contributed by atoms with Gasteiger partial charge in [-0.2, -0.15) is 0 Å². The minimum Gasteiger partial charge on any atom is -0.368 e. The summed E-state index contributed by atoms with van der Waals surface area (Å²) < 4.78 is 14.9. The molecule has 0 aromatic carbocycles. The van der Waals surface area contributed by atoms with Crippen LogP contribution in [0.2, 0.25) is 0 Å². The van der Waals surface area contributed by atoms with Crippen LogP contribution in [-0.4, -0.2) is 34.4 Å². The van der Waals surface area contributed by atoms with Crippen LogP contribution in [0, 0.1) is 0 Å². The molecular formula is C10H23N2O5P. The van der Waals surface area contributed by atoms with Gasteiger partial charge in [0.2, 0.25) is 5.91 Å². The Kier molecular flexibility index (Phi) is 8.39. The number of hydrogen-bond acceptors (Lipinski definition) is 4. The molecule has 0 aliphatic rings. The molecule has 0 spiro atoms. The maximum Gasteiger partial charge on any atom is 0.469 e. The van der Waals surface area contributed by atoms with Gasteiger partial charge in [-0.3, -0.25) is 9.32 Å². The van der Waals surface area contributed by atoms with E-state index in [2.05, 4.69) is 9.84 Å². The van der Waals surface area contributed by atoms with E-state index in [0.29, 0.717) is 0 Å². The molecule has 108 valence electrons. The third-order valence-electron chi connectivity index (χ3n) is 2.46. The molecule has 7 nitrogen and oxygen atoms in total. The number of primary amides is 1. The van der Waals surface area contributed by atoms with E-state index >= 15 is 0 Å². The topological polar surface area (TPSA) is 122 Å². The molecule has 0 radical (unpaired) electrons. The summed E-state index contributed by atoms with van der Waals surface area (Å²) in [5, 5.41) is 2.99. The van der Waals surface area contributed by atoms with Crippen LogP contribution in [0.1, 0.15) is 39.5 Å². The molecule has 0 aromatic heterocycles. The third-order valence-corrected chi connectivity index (χ3v) is 2.95. The van der Waals surface area contributed by atoms with E-state index in [4.69, 9.17) is 15.5 Å². The van der Waals surface area contributed by atoms with Gasteiger partial charge in [0.15, 0.2) is 0 Å². The minimum absolute atomic E-state index is 0.0953. The summed E-state index contributed by atoms with van der Waals surface area (Å²) in [5.41, 5.74) is 5.17. The highest BCUT2D eigenvalue weighted by atomic mass is 31.2. The second-order valence-corrected chi connectivity index (χ2v) is 5.42. The molecule has 8 heteroatoms. The monoisotopic (exact) mass is 282 g/mol. The number of rotatable bonds is 10. The van der Waals surface area contributed by atoms with Crippen LogP contribution < -0.4 is 11.1 Å². The standard InChI is InChI=1S/C10H23N2O5P/c1-3-5-8(6-4-2)12-9(10(11)13)7-17-18(14,15)16/h8-9,12H,3-7H2,1-2H3,(H2,11,13)(H2,14,15,16). The molecule has 0 saturated carbocycles. The molecule has 5 N–H and O–H groups in total. The molecule has 0 aromatic rings. The first-order chi connectivity index (χ1) is 8.30. The highest BCUT2D eigenvalue weighted by Crippen LogP contribution is 2.35. The second kappa shape index (κ2) is 8.61. The Morgan fingerprint density at radius 1 is 1.33 bits per heavy atom. The summed E-state index contributed by atoms with van der Waals surface area (Å²) >= 11 is 0. The molecule has 18 heavy (non-hydrogen) atoms. The van der Waals surface area contributed by atoms with Crippen LogP contribution in [-0.2, 0) is 13.9 Å². The quantitative estimate of drug-likeness (QED) is 0.433. The SMILES string of the molecule is CCCC(CCC)NC(COP(=O)(O)O)C(N)=O. The maximum atomic E-state index is 11.2.